The van der Waals surface area contributed by atoms with E-state index in [0.717, 1.165) is 0 Å². The van der Waals surface area contributed by atoms with Crippen LogP contribution in [0.4, 0.5) is 4.39 Å². The number of hydrogen-bond acceptors (Lipinski definition) is 3. The van der Waals surface area contributed by atoms with Crippen LogP contribution in [0.2, 0.25) is 5.02 Å². The van der Waals surface area contributed by atoms with Gasteiger partial charge in [0, 0.05) is 21.7 Å². The van der Waals surface area contributed by atoms with E-state index in [1.807, 2.05) is 18.2 Å². The fourth-order valence-corrected chi connectivity index (χ4v) is 3.98. The van der Waals surface area contributed by atoms with Gasteiger partial charge >= 0.3 is 5.97 Å². The first-order chi connectivity index (χ1) is 10.6. The summed E-state index contributed by atoms with van der Waals surface area (Å²) in [7, 11) is 0. The molecule has 2 aliphatic rings. The Bertz CT molecular complexity index is 796. The molecule has 2 aromatic rings. The second kappa shape index (κ2) is 4.70. The van der Waals surface area contributed by atoms with Crippen molar-refractivity contribution in [2.45, 2.75) is 11.5 Å². The number of hydrogen-bond donors (Lipinski definition) is 0. The highest BCUT2D eigenvalue weighted by Gasteiger charge is 2.62. The van der Waals surface area contributed by atoms with Gasteiger partial charge in [0.25, 0.3) is 0 Å². The number of ether oxygens (including phenoxy) is 2. The monoisotopic (exact) mass is 382 g/mol. The number of benzene rings is 2. The Balaban J connectivity index is 1.97. The standard InChI is InChI=1S/C16H9BrClFO3/c17-13-12-9-7-21-15(20)16(9,8-4-2-1-3-5-8)22-11(12)6-10(19)14(13)18/h1-6,9H,7H2/t9-,16+/m1/s1. The smallest absolute Gasteiger partial charge is 0.356 e. The van der Waals surface area contributed by atoms with Crippen LogP contribution in [0.25, 0.3) is 0 Å². The topological polar surface area (TPSA) is 35.5 Å². The third kappa shape index (κ3) is 1.64. The van der Waals surface area contributed by atoms with Crippen LogP contribution in [0.15, 0.2) is 40.9 Å². The average molecular weight is 384 g/mol. The third-order valence-electron chi connectivity index (χ3n) is 4.16. The van der Waals surface area contributed by atoms with Crippen molar-refractivity contribution in [3.63, 3.8) is 0 Å². The van der Waals surface area contributed by atoms with Crippen molar-refractivity contribution in [3.8, 4) is 5.75 Å². The van der Waals surface area contributed by atoms with Crippen LogP contribution >= 0.6 is 27.5 Å². The molecular formula is C16H9BrClFO3. The maximum atomic E-state index is 13.9. The SMILES string of the molecule is O=C1OC[C@@H]2c3c(cc(F)c(Cl)c3Br)O[C@]12c1ccccc1. The molecule has 0 amide bonds. The Morgan fingerprint density at radius 1 is 1.32 bits per heavy atom. The minimum Gasteiger partial charge on any atom is -0.469 e. The van der Waals surface area contributed by atoms with Gasteiger partial charge < -0.3 is 9.47 Å². The van der Waals surface area contributed by atoms with E-state index in [1.165, 1.54) is 6.07 Å². The molecule has 2 aliphatic heterocycles. The predicted molar refractivity (Wildman–Crippen MR) is 81.6 cm³/mol. The van der Waals surface area contributed by atoms with Crippen molar-refractivity contribution < 1.29 is 18.7 Å². The van der Waals surface area contributed by atoms with Gasteiger partial charge in [-0.05, 0) is 15.9 Å². The zero-order valence-corrected chi connectivity index (χ0v) is 13.4. The molecule has 0 radical (unpaired) electrons. The quantitative estimate of drug-likeness (QED) is 0.548. The molecular weight excluding hydrogens is 375 g/mol. The second-order valence-corrected chi connectivity index (χ2v) is 6.42. The van der Waals surface area contributed by atoms with Crippen LogP contribution in [0.5, 0.6) is 5.75 Å². The Kier molecular flexibility index (Phi) is 3.00. The van der Waals surface area contributed by atoms with Crippen molar-refractivity contribution >= 4 is 33.5 Å². The summed E-state index contributed by atoms with van der Waals surface area (Å²) >= 11 is 9.29. The third-order valence-corrected chi connectivity index (χ3v) is 5.58. The Morgan fingerprint density at radius 3 is 2.77 bits per heavy atom. The van der Waals surface area contributed by atoms with Crippen LogP contribution in [0.3, 0.4) is 0 Å². The van der Waals surface area contributed by atoms with Crippen LogP contribution in [-0.4, -0.2) is 12.6 Å². The number of rotatable bonds is 1. The van der Waals surface area contributed by atoms with Gasteiger partial charge in [0.1, 0.15) is 18.2 Å². The molecule has 0 bridgehead atoms. The van der Waals surface area contributed by atoms with Crippen molar-refractivity contribution in [2.75, 3.05) is 6.61 Å². The van der Waals surface area contributed by atoms with E-state index in [1.54, 1.807) is 12.1 Å². The van der Waals surface area contributed by atoms with Gasteiger partial charge in [-0.2, -0.15) is 0 Å². The molecule has 4 rings (SSSR count). The molecule has 2 atom stereocenters. The fraction of sp³-hybridized carbons (Fsp3) is 0.188. The summed E-state index contributed by atoms with van der Waals surface area (Å²) in [5.74, 6) is -1.11. The van der Waals surface area contributed by atoms with Crippen molar-refractivity contribution in [2.24, 2.45) is 0 Å². The van der Waals surface area contributed by atoms with Gasteiger partial charge in [-0.15, -0.1) is 0 Å². The summed E-state index contributed by atoms with van der Waals surface area (Å²) in [5.41, 5.74) is 0.0756. The molecule has 1 saturated heterocycles. The Morgan fingerprint density at radius 2 is 2.05 bits per heavy atom. The summed E-state index contributed by atoms with van der Waals surface area (Å²) in [6.07, 6.45) is 0. The van der Waals surface area contributed by atoms with Crippen molar-refractivity contribution in [1.29, 1.82) is 0 Å². The molecule has 22 heavy (non-hydrogen) atoms. The van der Waals surface area contributed by atoms with E-state index in [2.05, 4.69) is 15.9 Å². The van der Waals surface area contributed by atoms with Crippen LogP contribution in [0.1, 0.15) is 17.0 Å². The predicted octanol–water partition coefficient (Wildman–Crippen LogP) is 4.17. The molecule has 1 fully saturated rings. The fourth-order valence-electron chi connectivity index (χ4n) is 3.16. The Hall–Kier alpha value is -1.59. The molecule has 2 heterocycles. The number of cyclic esters (lactones) is 1. The highest BCUT2D eigenvalue weighted by molar-refractivity contribution is 9.10. The van der Waals surface area contributed by atoms with E-state index in [9.17, 15) is 9.18 Å². The molecule has 2 aromatic carbocycles. The summed E-state index contributed by atoms with van der Waals surface area (Å²) in [4.78, 5) is 12.4. The molecule has 0 aliphatic carbocycles. The molecule has 0 saturated carbocycles. The maximum absolute atomic E-state index is 13.9. The van der Waals surface area contributed by atoms with Gasteiger partial charge in [0.05, 0.1) is 10.9 Å². The van der Waals surface area contributed by atoms with E-state index in [0.29, 0.717) is 21.3 Å². The minimum absolute atomic E-state index is 0.0226. The first-order valence-electron chi connectivity index (χ1n) is 6.65. The summed E-state index contributed by atoms with van der Waals surface area (Å²) in [6.45, 7) is 0.168. The lowest BCUT2D eigenvalue weighted by Gasteiger charge is -2.24. The molecule has 6 heteroatoms. The van der Waals surface area contributed by atoms with Crippen LogP contribution < -0.4 is 4.74 Å². The number of fused-ring (bicyclic) bond motifs is 3. The van der Waals surface area contributed by atoms with Crippen molar-refractivity contribution in [1.82, 2.24) is 0 Å². The number of halogens is 3. The van der Waals surface area contributed by atoms with E-state index in [-0.39, 0.29) is 17.5 Å². The van der Waals surface area contributed by atoms with E-state index < -0.39 is 17.4 Å². The van der Waals surface area contributed by atoms with Crippen LogP contribution in [-0.2, 0) is 15.1 Å². The lowest BCUT2D eigenvalue weighted by atomic mass is 9.81. The lowest BCUT2D eigenvalue weighted by molar-refractivity contribution is -0.151. The lowest BCUT2D eigenvalue weighted by Crippen LogP contribution is -2.38. The maximum Gasteiger partial charge on any atom is 0.356 e. The molecule has 0 aromatic heterocycles. The van der Waals surface area contributed by atoms with Crippen LogP contribution in [0, 0.1) is 5.82 Å². The minimum atomic E-state index is -1.27. The van der Waals surface area contributed by atoms with Gasteiger partial charge in [-0.3, -0.25) is 0 Å². The second-order valence-electron chi connectivity index (χ2n) is 5.25. The average Bonchev–Trinajstić information content (AvgIpc) is 3.02. The molecule has 112 valence electrons. The Labute approximate surface area is 139 Å². The number of esters is 1. The normalized spacial score (nSPS) is 25.4. The zero-order chi connectivity index (χ0) is 15.5. The highest BCUT2D eigenvalue weighted by atomic mass is 79.9. The number of carbonyl (C=O) groups excluding carboxylic acids is 1. The first-order valence-corrected chi connectivity index (χ1v) is 7.82. The van der Waals surface area contributed by atoms with E-state index >= 15 is 0 Å². The summed E-state index contributed by atoms with van der Waals surface area (Å²) in [6, 6.07) is 10.3. The van der Waals surface area contributed by atoms with Gasteiger partial charge in [0.15, 0.2) is 0 Å². The highest BCUT2D eigenvalue weighted by Crippen LogP contribution is 2.57. The van der Waals surface area contributed by atoms with Crippen molar-refractivity contribution in [3.05, 3.63) is 62.8 Å². The first kappa shape index (κ1) is 14.0. The van der Waals surface area contributed by atoms with Gasteiger partial charge in [0.2, 0.25) is 5.60 Å². The van der Waals surface area contributed by atoms with Gasteiger partial charge in [-0.1, -0.05) is 41.9 Å². The number of carbonyl (C=O) groups is 1. The summed E-state index contributed by atoms with van der Waals surface area (Å²) in [5, 5.41) is -0.0226. The summed E-state index contributed by atoms with van der Waals surface area (Å²) < 4.78 is 25.5. The molecule has 0 spiro atoms. The van der Waals surface area contributed by atoms with E-state index in [4.69, 9.17) is 21.1 Å². The van der Waals surface area contributed by atoms with Gasteiger partial charge in [-0.25, -0.2) is 9.18 Å². The molecule has 0 N–H and O–H groups in total. The molecule has 3 nitrogen and oxygen atoms in total. The zero-order valence-electron chi connectivity index (χ0n) is 11.1. The molecule has 0 unspecified atom stereocenters. The largest absolute Gasteiger partial charge is 0.469 e.